The fourth-order valence-corrected chi connectivity index (χ4v) is 6.73. The van der Waals surface area contributed by atoms with Gasteiger partial charge in [0.25, 0.3) is 0 Å². The largest absolute Gasteiger partial charge is 0.455 e. The first-order valence-corrected chi connectivity index (χ1v) is 15.6. The highest BCUT2D eigenvalue weighted by atomic mass is 16.3. The van der Waals surface area contributed by atoms with Crippen molar-refractivity contribution in [1.82, 2.24) is 19.5 Å². The summed E-state index contributed by atoms with van der Waals surface area (Å²) < 4.78 is 51.0. The van der Waals surface area contributed by atoms with Crippen molar-refractivity contribution in [2.75, 3.05) is 0 Å². The molecular weight excluding hydrogens is 589 g/mol. The predicted molar refractivity (Wildman–Crippen MR) is 195 cm³/mol. The second kappa shape index (κ2) is 10.5. The molecule has 3 heterocycles. The molecule has 0 N–H and O–H groups in total. The van der Waals surface area contributed by atoms with E-state index in [4.69, 9.17) is 26.2 Å². The van der Waals surface area contributed by atoms with E-state index >= 15 is 0 Å². The summed E-state index contributed by atoms with van der Waals surface area (Å²) in [6.45, 7) is 0. The SMILES string of the molecule is [2H]c1c([2H])c([2H])c(-c2nc(-c3ccc4c(c3)oc3c(-c5ccc6ccccc6c5)cccc34)nc(-n3c4ccccc4c4ccccc43)n2)c([2H])c1[2H]. The van der Waals surface area contributed by atoms with Crippen LogP contribution in [0.3, 0.4) is 0 Å². The summed E-state index contributed by atoms with van der Waals surface area (Å²) in [6, 6.07) is 40.3. The highest BCUT2D eigenvalue weighted by Gasteiger charge is 2.19. The molecule has 224 valence electrons. The molecule has 0 saturated carbocycles. The quantitative estimate of drug-likeness (QED) is 0.197. The van der Waals surface area contributed by atoms with Gasteiger partial charge < -0.3 is 4.42 Å². The molecule has 0 fully saturated rings. The van der Waals surface area contributed by atoms with Gasteiger partial charge in [-0.25, -0.2) is 4.98 Å². The van der Waals surface area contributed by atoms with Crippen molar-refractivity contribution in [3.63, 3.8) is 0 Å². The van der Waals surface area contributed by atoms with Crippen molar-refractivity contribution in [3.8, 4) is 39.9 Å². The Kier molecular flexibility index (Phi) is 4.81. The molecule has 10 rings (SSSR count). The van der Waals surface area contributed by atoms with E-state index in [1.165, 1.54) is 5.39 Å². The number of hydrogen-bond donors (Lipinski definition) is 0. The summed E-state index contributed by atoms with van der Waals surface area (Å²) >= 11 is 0. The minimum atomic E-state index is -0.487. The first-order chi connectivity index (χ1) is 25.9. The first-order valence-electron chi connectivity index (χ1n) is 18.1. The molecule has 7 aromatic carbocycles. The summed E-state index contributed by atoms with van der Waals surface area (Å²) in [5.41, 5.74) is 5.63. The van der Waals surface area contributed by atoms with Gasteiger partial charge in [-0.3, -0.25) is 4.57 Å². The normalized spacial score (nSPS) is 13.2. The monoisotopic (exact) mass is 619 g/mol. The Labute approximate surface area is 282 Å². The molecule has 0 amide bonds. The summed E-state index contributed by atoms with van der Waals surface area (Å²) in [4.78, 5) is 14.6. The molecule has 5 nitrogen and oxygen atoms in total. The van der Waals surface area contributed by atoms with Crippen LogP contribution in [0.5, 0.6) is 0 Å². The van der Waals surface area contributed by atoms with E-state index in [9.17, 15) is 0 Å². The summed E-state index contributed by atoms with van der Waals surface area (Å²) in [5.74, 6) is 0.473. The van der Waals surface area contributed by atoms with Gasteiger partial charge in [-0.2, -0.15) is 9.97 Å². The number of rotatable bonds is 4. The third-order valence-corrected chi connectivity index (χ3v) is 8.94. The minimum absolute atomic E-state index is 0.0350. The Morgan fingerprint density at radius 3 is 1.96 bits per heavy atom. The number of fused-ring (bicyclic) bond motifs is 7. The van der Waals surface area contributed by atoms with E-state index < -0.39 is 30.2 Å². The van der Waals surface area contributed by atoms with Crippen molar-refractivity contribution in [3.05, 3.63) is 158 Å². The smallest absolute Gasteiger partial charge is 0.238 e. The number of furan rings is 1. The fourth-order valence-electron chi connectivity index (χ4n) is 6.73. The molecule has 10 aromatic rings. The van der Waals surface area contributed by atoms with Gasteiger partial charge in [0.1, 0.15) is 11.2 Å². The molecule has 0 aliphatic carbocycles. The van der Waals surface area contributed by atoms with Crippen LogP contribution in [-0.4, -0.2) is 19.5 Å². The molecule has 0 bridgehead atoms. The lowest BCUT2D eigenvalue weighted by Crippen LogP contribution is -2.06. The van der Waals surface area contributed by atoms with Crippen molar-refractivity contribution < 1.29 is 11.3 Å². The zero-order chi connectivity index (χ0) is 36.0. The van der Waals surface area contributed by atoms with Gasteiger partial charge in [-0.1, -0.05) is 127 Å². The van der Waals surface area contributed by atoms with Gasteiger partial charge >= 0.3 is 0 Å². The summed E-state index contributed by atoms with van der Waals surface area (Å²) in [5, 5.41) is 6.20. The molecule has 0 radical (unpaired) electrons. The zero-order valence-electron chi connectivity index (χ0n) is 30.3. The highest BCUT2D eigenvalue weighted by Crippen LogP contribution is 2.38. The molecule has 0 saturated heterocycles. The van der Waals surface area contributed by atoms with Crippen molar-refractivity contribution in [2.45, 2.75) is 0 Å². The Morgan fingerprint density at radius 1 is 0.500 bits per heavy atom. The third-order valence-electron chi connectivity index (χ3n) is 8.94. The zero-order valence-corrected chi connectivity index (χ0v) is 25.3. The second-order valence-electron chi connectivity index (χ2n) is 11.7. The van der Waals surface area contributed by atoms with Crippen LogP contribution >= 0.6 is 0 Å². The molecular formula is C43H26N4O. The lowest BCUT2D eigenvalue weighted by molar-refractivity contribution is 0.670. The average Bonchev–Trinajstić information content (AvgIpc) is 3.75. The average molecular weight is 620 g/mol. The molecule has 5 heteroatoms. The molecule has 48 heavy (non-hydrogen) atoms. The Bertz CT molecular complexity index is 3070. The van der Waals surface area contributed by atoms with Crippen molar-refractivity contribution in [1.29, 1.82) is 0 Å². The Morgan fingerprint density at radius 2 is 1.17 bits per heavy atom. The lowest BCUT2D eigenvalue weighted by Gasteiger charge is -2.10. The second-order valence-corrected chi connectivity index (χ2v) is 11.7. The van der Waals surface area contributed by atoms with E-state index in [0.717, 1.165) is 54.7 Å². The number of benzene rings is 7. The lowest BCUT2D eigenvalue weighted by atomic mass is 9.99. The van der Waals surface area contributed by atoms with Crippen LogP contribution in [-0.2, 0) is 0 Å². The van der Waals surface area contributed by atoms with Crippen LogP contribution < -0.4 is 0 Å². The van der Waals surface area contributed by atoms with Crippen molar-refractivity contribution in [2.24, 2.45) is 0 Å². The maximum Gasteiger partial charge on any atom is 0.238 e. The third kappa shape index (κ3) is 4.15. The number of hydrogen-bond acceptors (Lipinski definition) is 4. The fraction of sp³-hybridized carbons (Fsp3) is 0. The van der Waals surface area contributed by atoms with Gasteiger partial charge in [0.2, 0.25) is 5.95 Å². The van der Waals surface area contributed by atoms with Crippen molar-refractivity contribution >= 4 is 54.5 Å². The predicted octanol–water partition coefficient (Wildman–Crippen LogP) is 11.0. The van der Waals surface area contributed by atoms with Crippen LogP contribution in [0.15, 0.2) is 162 Å². The Hall–Kier alpha value is -6.59. The number of nitrogens with zero attached hydrogens (tertiary/aromatic N) is 4. The van der Waals surface area contributed by atoms with E-state index in [-0.39, 0.29) is 23.2 Å². The molecule has 0 atom stereocenters. The van der Waals surface area contributed by atoms with Crippen LogP contribution in [0.25, 0.3) is 94.4 Å². The van der Waals surface area contributed by atoms with E-state index in [0.29, 0.717) is 11.1 Å². The standard InChI is InChI=1S/C43H26N4O/c1-2-12-28(13-3-1)41-44-42(46-43(45-41)47-37-19-8-6-15-33(37)34-16-7-9-20-38(34)47)31-23-24-35-36-18-10-17-32(40(36)48-39(35)26-31)30-22-21-27-11-4-5-14-29(27)25-30/h1-26H/i1D,2D,3D,12D,13D. The maximum absolute atomic E-state index is 8.77. The number of aromatic nitrogens is 4. The minimum Gasteiger partial charge on any atom is -0.455 e. The van der Waals surface area contributed by atoms with Gasteiger partial charge in [-0.15, -0.1) is 0 Å². The molecule has 3 aromatic heterocycles. The molecule has 0 aliphatic rings. The highest BCUT2D eigenvalue weighted by molar-refractivity contribution is 6.11. The first kappa shape index (κ1) is 22.0. The number of para-hydroxylation sites is 3. The van der Waals surface area contributed by atoms with E-state index in [2.05, 4.69) is 36.4 Å². The summed E-state index contributed by atoms with van der Waals surface area (Å²) in [6.07, 6.45) is 0. The molecule has 0 unspecified atom stereocenters. The van der Waals surface area contributed by atoms with Gasteiger partial charge in [0.05, 0.1) is 17.9 Å². The van der Waals surface area contributed by atoms with Crippen LogP contribution in [0.2, 0.25) is 0 Å². The Balaban J connectivity index is 1.21. The molecule has 0 aliphatic heterocycles. The van der Waals surface area contributed by atoms with Crippen LogP contribution in [0, 0.1) is 0 Å². The van der Waals surface area contributed by atoms with E-state index in [1.54, 1.807) is 0 Å². The van der Waals surface area contributed by atoms with Gasteiger partial charge in [0.15, 0.2) is 11.6 Å². The summed E-state index contributed by atoms with van der Waals surface area (Å²) in [7, 11) is 0. The maximum atomic E-state index is 8.77. The van der Waals surface area contributed by atoms with Crippen LogP contribution in [0.4, 0.5) is 0 Å². The van der Waals surface area contributed by atoms with Gasteiger partial charge in [-0.05, 0) is 46.7 Å². The topological polar surface area (TPSA) is 56.7 Å². The van der Waals surface area contributed by atoms with Gasteiger partial charge in [0, 0.05) is 38.2 Å². The van der Waals surface area contributed by atoms with Crippen LogP contribution in [0.1, 0.15) is 6.85 Å². The molecule has 0 spiro atoms. The van der Waals surface area contributed by atoms with E-state index in [1.807, 2.05) is 95.6 Å².